The van der Waals surface area contributed by atoms with E-state index in [1.807, 2.05) is 24.3 Å². The van der Waals surface area contributed by atoms with Crippen LogP contribution in [0.2, 0.25) is 0 Å². The topological polar surface area (TPSA) is 59.2 Å². The zero-order chi connectivity index (χ0) is 14.1. The van der Waals surface area contributed by atoms with Crippen LogP contribution in [0.3, 0.4) is 0 Å². The van der Waals surface area contributed by atoms with Gasteiger partial charge in [-0.25, -0.2) is 4.98 Å². The maximum Gasteiger partial charge on any atom is 0.227 e. The van der Waals surface area contributed by atoms with Crippen molar-refractivity contribution in [1.29, 1.82) is 0 Å². The molecule has 106 valence electrons. The third-order valence-corrected chi connectivity index (χ3v) is 5.24. The lowest BCUT2D eigenvalue weighted by molar-refractivity contribution is -0.121. The highest BCUT2D eigenvalue weighted by atomic mass is 32.1. The average Bonchev–Trinajstić information content (AvgIpc) is 2.84. The van der Waals surface area contributed by atoms with Crippen molar-refractivity contribution in [2.45, 2.75) is 18.8 Å². The van der Waals surface area contributed by atoms with Crippen molar-refractivity contribution < 1.29 is 4.79 Å². The summed E-state index contributed by atoms with van der Waals surface area (Å²) in [5, 5.41) is 0.883. The highest BCUT2D eigenvalue weighted by Crippen LogP contribution is 2.36. The number of amides is 1. The molecule has 1 fully saturated rings. The van der Waals surface area contributed by atoms with E-state index >= 15 is 0 Å². The lowest BCUT2D eigenvalue weighted by atomic mass is 9.84. The Morgan fingerprint density at radius 1 is 1.40 bits per heavy atom. The van der Waals surface area contributed by atoms with Crippen molar-refractivity contribution >= 4 is 27.5 Å². The molecule has 2 aromatic rings. The number of piperidine rings is 1. The number of hydrogen-bond donors (Lipinski definition) is 1. The summed E-state index contributed by atoms with van der Waals surface area (Å²) in [4.78, 5) is 18.9. The molecule has 0 aliphatic carbocycles. The predicted octanol–water partition coefficient (Wildman–Crippen LogP) is 2.21. The standard InChI is InChI=1S/C15H19N3OS/c1-18-8-6-10(7-9-18)13(14(16)19)15-17-11-4-2-3-5-12(11)20-15/h2-5,10,13H,6-9H2,1H3,(H2,16,19). The molecule has 1 atom stereocenters. The third-order valence-electron chi connectivity index (χ3n) is 4.12. The van der Waals surface area contributed by atoms with Gasteiger partial charge in [-0.1, -0.05) is 12.1 Å². The second-order valence-corrected chi connectivity index (χ2v) is 6.60. The van der Waals surface area contributed by atoms with Gasteiger partial charge in [0.15, 0.2) is 0 Å². The lowest BCUT2D eigenvalue weighted by Crippen LogP contribution is -2.37. The molecule has 5 heteroatoms. The van der Waals surface area contributed by atoms with Crippen LogP contribution < -0.4 is 5.73 Å². The van der Waals surface area contributed by atoms with Crippen LogP contribution in [0.5, 0.6) is 0 Å². The van der Waals surface area contributed by atoms with E-state index in [-0.39, 0.29) is 11.8 Å². The molecule has 1 aliphatic rings. The highest BCUT2D eigenvalue weighted by molar-refractivity contribution is 7.18. The number of nitrogens with two attached hydrogens (primary N) is 1. The number of primary amides is 1. The summed E-state index contributed by atoms with van der Waals surface area (Å²) < 4.78 is 1.13. The van der Waals surface area contributed by atoms with Crippen molar-refractivity contribution in [3.63, 3.8) is 0 Å². The van der Waals surface area contributed by atoms with Crippen LogP contribution in [0.25, 0.3) is 10.2 Å². The molecule has 1 aliphatic heterocycles. The molecule has 1 aromatic carbocycles. The molecule has 0 spiro atoms. The molecule has 0 bridgehead atoms. The van der Waals surface area contributed by atoms with Gasteiger partial charge in [0, 0.05) is 0 Å². The van der Waals surface area contributed by atoms with Crippen LogP contribution in [0.1, 0.15) is 23.8 Å². The van der Waals surface area contributed by atoms with Crippen molar-refractivity contribution in [3.05, 3.63) is 29.3 Å². The number of fused-ring (bicyclic) bond motifs is 1. The summed E-state index contributed by atoms with van der Waals surface area (Å²) >= 11 is 1.60. The van der Waals surface area contributed by atoms with Crippen molar-refractivity contribution in [1.82, 2.24) is 9.88 Å². The highest BCUT2D eigenvalue weighted by Gasteiger charge is 2.32. The molecule has 2 heterocycles. The van der Waals surface area contributed by atoms with Gasteiger partial charge >= 0.3 is 0 Å². The zero-order valence-corrected chi connectivity index (χ0v) is 12.4. The summed E-state index contributed by atoms with van der Waals surface area (Å²) in [6.45, 7) is 2.05. The molecule has 0 saturated carbocycles. The number of nitrogens with zero attached hydrogens (tertiary/aromatic N) is 2. The maximum atomic E-state index is 11.9. The normalized spacial score (nSPS) is 19.2. The number of likely N-dealkylation sites (tertiary alicyclic amines) is 1. The fourth-order valence-corrected chi connectivity index (χ4v) is 4.11. The number of rotatable bonds is 3. The van der Waals surface area contributed by atoms with Gasteiger partial charge in [-0.05, 0) is 51.0 Å². The van der Waals surface area contributed by atoms with Gasteiger partial charge in [0.2, 0.25) is 5.91 Å². The minimum Gasteiger partial charge on any atom is -0.369 e. The molecular weight excluding hydrogens is 270 g/mol. The van der Waals surface area contributed by atoms with Crippen LogP contribution in [-0.2, 0) is 4.79 Å². The van der Waals surface area contributed by atoms with E-state index in [4.69, 9.17) is 5.73 Å². The summed E-state index contributed by atoms with van der Waals surface area (Å²) in [6.07, 6.45) is 2.03. The van der Waals surface area contributed by atoms with Gasteiger partial charge in [0.25, 0.3) is 0 Å². The van der Waals surface area contributed by atoms with Crippen molar-refractivity contribution in [3.8, 4) is 0 Å². The Bertz CT molecular complexity index is 583. The molecule has 20 heavy (non-hydrogen) atoms. The quantitative estimate of drug-likeness (QED) is 0.942. The fraction of sp³-hybridized carbons (Fsp3) is 0.467. The van der Waals surface area contributed by atoms with Crippen LogP contribution in [-0.4, -0.2) is 35.9 Å². The Hall–Kier alpha value is -1.46. The van der Waals surface area contributed by atoms with E-state index in [9.17, 15) is 4.79 Å². The molecule has 2 N–H and O–H groups in total. The first-order chi connectivity index (χ1) is 9.65. The summed E-state index contributed by atoms with van der Waals surface area (Å²) in [6, 6.07) is 8.01. The average molecular weight is 289 g/mol. The van der Waals surface area contributed by atoms with E-state index in [1.54, 1.807) is 11.3 Å². The first-order valence-corrected chi connectivity index (χ1v) is 7.80. The van der Waals surface area contributed by atoms with Gasteiger partial charge in [0.1, 0.15) is 5.01 Å². The first-order valence-electron chi connectivity index (χ1n) is 6.98. The van der Waals surface area contributed by atoms with Gasteiger partial charge in [-0.3, -0.25) is 4.79 Å². The first kappa shape index (κ1) is 13.5. The lowest BCUT2D eigenvalue weighted by Gasteiger charge is -2.32. The minimum atomic E-state index is -0.237. The molecule has 3 rings (SSSR count). The third kappa shape index (κ3) is 2.55. The van der Waals surface area contributed by atoms with Crippen LogP contribution in [0, 0.1) is 5.92 Å². The fourth-order valence-electron chi connectivity index (χ4n) is 2.94. The Morgan fingerprint density at radius 2 is 2.10 bits per heavy atom. The van der Waals surface area contributed by atoms with Crippen LogP contribution >= 0.6 is 11.3 Å². The number of para-hydroxylation sites is 1. The second-order valence-electron chi connectivity index (χ2n) is 5.54. The molecule has 1 unspecified atom stereocenters. The van der Waals surface area contributed by atoms with Gasteiger partial charge < -0.3 is 10.6 Å². The van der Waals surface area contributed by atoms with E-state index in [2.05, 4.69) is 16.9 Å². The van der Waals surface area contributed by atoms with E-state index < -0.39 is 0 Å². The minimum absolute atomic E-state index is 0.235. The Morgan fingerprint density at radius 3 is 2.75 bits per heavy atom. The monoisotopic (exact) mass is 289 g/mol. The number of aromatic nitrogens is 1. The zero-order valence-electron chi connectivity index (χ0n) is 11.6. The number of benzene rings is 1. The Kier molecular flexibility index (Phi) is 3.72. The Labute approximate surface area is 122 Å². The second kappa shape index (κ2) is 5.50. The SMILES string of the molecule is CN1CCC(C(C(N)=O)c2nc3ccccc3s2)CC1. The van der Waals surface area contributed by atoms with Gasteiger partial charge in [-0.15, -0.1) is 11.3 Å². The molecule has 0 radical (unpaired) electrons. The molecular formula is C15H19N3OS. The maximum absolute atomic E-state index is 11.9. The van der Waals surface area contributed by atoms with E-state index in [0.717, 1.165) is 41.2 Å². The van der Waals surface area contributed by atoms with Crippen LogP contribution in [0.15, 0.2) is 24.3 Å². The molecule has 1 aromatic heterocycles. The summed E-state index contributed by atoms with van der Waals surface area (Å²) in [5.74, 6) is -0.149. The van der Waals surface area contributed by atoms with Gasteiger partial charge in [-0.2, -0.15) is 0 Å². The number of thiazole rings is 1. The summed E-state index contributed by atoms with van der Waals surface area (Å²) in [5.41, 5.74) is 6.63. The summed E-state index contributed by atoms with van der Waals surface area (Å²) in [7, 11) is 2.12. The Balaban J connectivity index is 1.92. The van der Waals surface area contributed by atoms with Crippen LogP contribution in [0.4, 0.5) is 0 Å². The predicted molar refractivity (Wildman–Crippen MR) is 81.8 cm³/mol. The van der Waals surface area contributed by atoms with Crippen molar-refractivity contribution in [2.75, 3.05) is 20.1 Å². The smallest absolute Gasteiger partial charge is 0.227 e. The molecule has 1 saturated heterocycles. The molecule has 4 nitrogen and oxygen atoms in total. The van der Waals surface area contributed by atoms with E-state index in [0.29, 0.717) is 5.92 Å². The largest absolute Gasteiger partial charge is 0.369 e. The van der Waals surface area contributed by atoms with E-state index in [1.165, 1.54) is 0 Å². The number of carbonyl (C=O) groups excluding carboxylic acids is 1. The molecule has 1 amide bonds. The number of hydrogen-bond acceptors (Lipinski definition) is 4. The van der Waals surface area contributed by atoms with Gasteiger partial charge in [0.05, 0.1) is 16.1 Å². The number of carbonyl (C=O) groups is 1. The van der Waals surface area contributed by atoms with Crippen molar-refractivity contribution in [2.24, 2.45) is 11.7 Å².